The zero-order valence-corrected chi connectivity index (χ0v) is 9.87. The van der Waals surface area contributed by atoms with Crippen molar-refractivity contribution in [1.82, 2.24) is 4.98 Å². The van der Waals surface area contributed by atoms with Crippen molar-refractivity contribution in [2.24, 2.45) is 0 Å². The van der Waals surface area contributed by atoms with Crippen molar-refractivity contribution < 1.29 is 4.39 Å². The first kappa shape index (κ1) is 10.6. The molecule has 0 aliphatic rings. The summed E-state index contributed by atoms with van der Waals surface area (Å²) in [6.45, 7) is 7.81. The second-order valence-corrected chi connectivity index (χ2v) is 4.92. The van der Waals surface area contributed by atoms with Crippen molar-refractivity contribution >= 4 is 15.9 Å². The van der Waals surface area contributed by atoms with Gasteiger partial charge in [0.2, 0.25) is 0 Å². The Labute approximate surface area is 86.5 Å². The van der Waals surface area contributed by atoms with E-state index in [4.69, 9.17) is 0 Å². The molecule has 0 fully saturated rings. The van der Waals surface area contributed by atoms with Crippen molar-refractivity contribution in [2.75, 3.05) is 0 Å². The highest BCUT2D eigenvalue weighted by molar-refractivity contribution is 9.10. The van der Waals surface area contributed by atoms with Gasteiger partial charge in [-0.3, -0.25) is 0 Å². The van der Waals surface area contributed by atoms with Gasteiger partial charge in [-0.1, -0.05) is 20.8 Å². The van der Waals surface area contributed by atoms with Crippen LogP contribution in [0.2, 0.25) is 0 Å². The number of hydrogen-bond donors (Lipinski definition) is 0. The molecule has 0 unspecified atom stereocenters. The standard InChI is InChI=1S/C10H13BrFN/c1-6-5-7(10(2,3)4)8(12)9(11)13-6/h5H,1-4H3. The van der Waals surface area contributed by atoms with E-state index in [0.717, 1.165) is 5.69 Å². The summed E-state index contributed by atoms with van der Waals surface area (Å²) in [4.78, 5) is 3.99. The summed E-state index contributed by atoms with van der Waals surface area (Å²) < 4.78 is 13.9. The molecule has 1 nitrogen and oxygen atoms in total. The molecule has 0 aromatic carbocycles. The molecule has 0 aliphatic carbocycles. The van der Waals surface area contributed by atoms with E-state index in [2.05, 4.69) is 20.9 Å². The molecule has 0 saturated carbocycles. The fraction of sp³-hybridized carbons (Fsp3) is 0.500. The van der Waals surface area contributed by atoms with Gasteiger partial charge in [-0.15, -0.1) is 0 Å². The molecule has 0 saturated heterocycles. The lowest BCUT2D eigenvalue weighted by molar-refractivity contribution is 0.513. The minimum absolute atomic E-state index is 0.180. The summed E-state index contributed by atoms with van der Waals surface area (Å²) in [6, 6.07) is 1.79. The van der Waals surface area contributed by atoms with Crippen LogP contribution in [0.25, 0.3) is 0 Å². The minimum Gasteiger partial charge on any atom is -0.243 e. The average molecular weight is 246 g/mol. The van der Waals surface area contributed by atoms with Gasteiger partial charge in [-0.25, -0.2) is 9.37 Å². The topological polar surface area (TPSA) is 12.9 Å². The summed E-state index contributed by atoms with van der Waals surface area (Å²) in [5, 5.41) is 0. The highest BCUT2D eigenvalue weighted by Crippen LogP contribution is 2.28. The highest BCUT2D eigenvalue weighted by atomic mass is 79.9. The number of nitrogens with zero attached hydrogens (tertiary/aromatic N) is 1. The van der Waals surface area contributed by atoms with Crippen LogP contribution in [0.3, 0.4) is 0 Å². The first-order chi connectivity index (χ1) is 5.82. The fourth-order valence-electron chi connectivity index (χ4n) is 1.17. The Hall–Kier alpha value is -0.440. The molecule has 0 N–H and O–H groups in total. The molecule has 1 heterocycles. The van der Waals surface area contributed by atoms with E-state index in [9.17, 15) is 4.39 Å². The predicted molar refractivity (Wildman–Crippen MR) is 55.3 cm³/mol. The number of pyridine rings is 1. The molecule has 72 valence electrons. The van der Waals surface area contributed by atoms with Gasteiger partial charge in [0.05, 0.1) is 0 Å². The van der Waals surface area contributed by atoms with Crippen LogP contribution in [0, 0.1) is 12.7 Å². The number of aryl methyl sites for hydroxylation is 1. The van der Waals surface area contributed by atoms with E-state index in [1.165, 1.54) is 0 Å². The molecule has 1 aromatic rings. The lowest BCUT2D eigenvalue weighted by Crippen LogP contribution is -2.14. The Balaban J connectivity index is 3.37. The van der Waals surface area contributed by atoms with Crippen LogP contribution in [0.15, 0.2) is 10.7 Å². The molecule has 0 aliphatic heterocycles. The van der Waals surface area contributed by atoms with Gasteiger partial charge in [-0.2, -0.15) is 0 Å². The van der Waals surface area contributed by atoms with Crippen LogP contribution in [0.1, 0.15) is 32.0 Å². The third kappa shape index (κ3) is 2.27. The van der Waals surface area contributed by atoms with Gasteiger partial charge < -0.3 is 0 Å². The quantitative estimate of drug-likeness (QED) is 0.637. The molecule has 3 heteroatoms. The van der Waals surface area contributed by atoms with Crippen molar-refractivity contribution in [2.45, 2.75) is 33.1 Å². The van der Waals surface area contributed by atoms with Crippen LogP contribution in [0.4, 0.5) is 4.39 Å². The van der Waals surface area contributed by atoms with E-state index < -0.39 is 0 Å². The van der Waals surface area contributed by atoms with E-state index in [0.29, 0.717) is 10.2 Å². The van der Waals surface area contributed by atoms with Crippen molar-refractivity contribution in [1.29, 1.82) is 0 Å². The van der Waals surface area contributed by atoms with Crippen LogP contribution >= 0.6 is 15.9 Å². The second kappa shape index (κ2) is 3.37. The lowest BCUT2D eigenvalue weighted by atomic mass is 9.87. The van der Waals surface area contributed by atoms with Crippen LogP contribution in [-0.2, 0) is 5.41 Å². The number of hydrogen-bond acceptors (Lipinski definition) is 1. The summed E-state index contributed by atoms with van der Waals surface area (Å²) in [5.74, 6) is -0.252. The summed E-state index contributed by atoms with van der Waals surface area (Å²) in [5.41, 5.74) is 1.35. The van der Waals surface area contributed by atoms with Gasteiger partial charge >= 0.3 is 0 Å². The van der Waals surface area contributed by atoms with E-state index in [1.54, 1.807) is 6.07 Å². The zero-order valence-electron chi connectivity index (χ0n) is 8.28. The molecular weight excluding hydrogens is 233 g/mol. The zero-order chi connectivity index (χ0) is 10.2. The highest BCUT2D eigenvalue weighted by Gasteiger charge is 2.20. The maximum Gasteiger partial charge on any atom is 0.159 e. The van der Waals surface area contributed by atoms with Crippen molar-refractivity contribution in [3.63, 3.8) is 0 Å². The van der Waals surface area contributed by atoms with Crippen LogP contribution in [-0.4, -0.2) is 4.98 Å². The minimum atomic E-state index is -0.252. The largest absolute Gasteiger partial charge is 0.243 e. The maximum absolute atomic E-state index is 13.6. The Morgan fingerprint density at radius 2 is 1.92 bits per heavy atom. The molecule has 0 atom stereocenters. The second-order valence-electron chi connectivity index (χ2n) is 4.17. The Bertz CT molecular complexity index is 328. The van der Waals surface area contributed by atoms with Gasteiger partial charge in [0.25, 0.3) is 0 Å². The molecule has 0 amide bonds. The van der Waals surface area contributed by atoms with Crippen molar-refractivity contribution in [3.8, 4) is 0 Å². The molecule has 13 heavy (non-hydrogen) atoms. The number of rotatable bonds is 0. The maximum atomic E-state index is 13.6. The van der Waals surface area contributed by atoms with Gasteiger partial charge in [-0.05, 0) is 39.9 Å². The van der Waals surface area contributed by atoms with E-state index in [-0.39, 0.29) is 11.2 Å². The molecule has 1 rings (SSSR count). The monoisotopic (exact) mass is 245 g/mol. The van der Waals surface area contributed by atoms with Crippen molar-refractivity contribution in [3.05, 3.63) is 27.7 Å². The first-order valence-electron chi connectivity index (χ1n) is 4.15. The van der Waals surface area contributed by atoms with E-state index in [1.807, 2.05) is 27.7 Å². The number of aromatic nitrogens is 1. The molecular formula is C10H13BrFN. The number of halogens is 2. The predicted octanol–water partition coefficient (Wildman–Crippen LogP) is 3.59. The molecule has 0 bridgehead atoms. The fourth-order valence-corrected chi connectivity index (χ4v) is 1.66. The Kier molecular flexibility index (Phi) is 2.76. The summed E-state index contributed by atoms with van der Waals surface area (Å²) in [7, 11) is 0. The SMILES string of the molecule is Cc1cc(C(C)(C)C)c(F)c(Br)n1. The molecule has 0 radical (unpaired) electrons. The summed E-state index contributed by atoms with van der Waals surface area (Å²) >= 11 is 3.10. The first-order valence-corrected chi connectivity index (χ1v) is 4.95. The van der Waals surface area contributed by atoms with Crippen LogP contribution < -0.4 is 0 Å². The average Bonchev–Trinajstić information content (AvgIpc) is 1.94. The lowest BCUT2D eigenvalue weighted by Gasteiger charge is -2.20. The third-order valence-electron chi connectivity index (χ3n) is 1.85. The Morgan fingerprint density at radius 3 is 2.38 bits per heavy atom. The van der Waals surface area contributed by atoms with E-state index >= 15 is 0 Å². The molecule has 0 spiro atoms. The normalized spacial score (nSPS) is 11.8. The van der Waals surface area contributed by atoms with Gasteiger partial charge in [0.1, 0.15) is 4.60 Å². The van der Waals surface area contributed by atoms with Gasteiger partial charge in [0.15, 0.2) is 5.82 Å². The summed E-state index contributed by atoms with van der Waals surface area (Å²) in [6.07, 6.45) is 0. The molecule has 1 aromatic heterocycles. The van der Waals surface area contributed by atoms with Gasteiger partial charge in [0, 0.05) is 5.69 Å². The van der Waals surface area contributed by atoms with Crippen LogP contribution in [0.5, 0.6) is 0 Å². The Morgan fingerprint density at radius 1 is 1.38 bits per heavy atom. The smallest absolute Gasteiger partial charge is 0.159 e. The third-order valence-corrected chi connectivity index (χ3v) is 2.38.